The van der Waals surface area contributed by atoms with Crippen LogP contribution in [0.2, 0.25) is 5.02 Å². The highest BCUT2D eigenvalue weighted by Gasteiger charge is 2.22. The van der Waals surface area contributed by atoms with Crippen LogP contribution < -0.4 is 11.2 Å². The standard InChI is InChI=1S/C19H17ClN6O5/c1-9(22-31)15-21-16-14(23(15)2)17(27)25(18(28)24(16)3)8-10-7-11-12(20)5-4-6-13(11)26(10)19(29)30/h4-7,31H,8H2,1-3H3,(H,29,30). The highest BCUT2D eigenvalue weighted by atomic mass is 35.5. The molecule has 11 nitrogen and oxygen atoms in total. The van der Waals surface area contributed by atoms with E-state index in [4.69, 9.17) is 16.8 Å². The summed E-state index contributed by atoms with van der Waals surface area (Å²) >= 11 is 6.20. The summed E-state index contributed by atoms with van der Waals surface area (Å²) in [6.45, 7) is 1.21. The van der Waals surface area contributed by atoms with E-state index in [0.29, 0.717) is 15.9 Å². The summed E-state index contributed by atoms with van der Waals surface area (Å²) in [6, 6.07) is 6.37. The predicted molar refractivity (Wildman–Crippen MR) is 114 cm³/mol. The van der Waals surface area contributed by atoms with Gasteiger partial charge in [-0.3, -0.25) is 13.9 Å². The molecule has 2 N–H and O–H groups in total. The molecule has 3 aromatic heterocycles. The first-order valence-corrected chi connectivity index (χ1v) is 9.42. The van der Waals surface area contributed by atoms with Crippen LogP contribution in [0.25, 0.3) is 22.1 Å². The van der Waals surface area contributed by atoms with Crippen LogP contribution in [0.5, 0.6) is 0 Å². The van der Waals surface area contributed by atoms with Gasteiger partial charge in [-0.05, 0) is 25.1 Å². The lowest BCUT2D eigenvalue weighted by molar-refractivity contribution is 0.196. The van der Waals surface area contributed by atoms with E-state index in [2.05, 4.69) is 10.1 Å². The van der Waals surface area contributed by atoms with E-state index in [1.807, 2.05) is 0 Å². The first-order chi connectivity index (χ1) is 14.7. The fraction of sp³-hybridized carbons (Fsp3) is 0.211. The molecule has 1 aromatic carbocycles. The van der Waals surface area contributed by atoms with E-state index < -0.39 is 17.3 Å². The largest absolute Gasteiger partial charge is 0.464 e. The number of aromatic nitrogens is 5. The number of fused-ring (bicyclic) bond motifs is 2. The molecule has 0 aliphatic carbocycles. The lowest BCUT2D eigenvalue weighted by atomic mass is 10.2. The minimum Gasteiger partial charge on any atom is -0.464 e. The topological polar surface area (TPSA) is 137 Å². The zero-order valence-electron chi connectivity index (χ0n) is 16.7. The molecule has 0 unspecified atom stereocenters. The summed E-state index contributed by atoms with van der Waals surface area (Å²) in [6.07, 6.45) is -1.27. The van der Waals surface area contributed by atoms with Gasteiger partial charge in [0, 0.05) is 24.5 Å². The highest BCUT2D eigenvalue weighted by molar-refractivity contribution is 6.35. The smallest absolute Gasteiger partial charge is 0.416 e. The molecule has 4 aromatic rings. The van der Waals surface area contributed by atoms with Crippen molar-refractivity contribution in [2.75, 3.05) is 0 Å². The molecule has 0 fully saturated rings. The lowest BCUT2D eigenvalue weighted by Crippen LogP contribution is -2.40. The molecule has 160 valence electrons. The van der Waals surface area contributed by atoms with Crippen LogP contribution in [0.4, 0.5) is 4.79 Å². The van der Waals surface area contributed by atoms with Crippen molar-refractivity contribution in [1.29, 1.82) is 0 Å². The number of carbonyl (C=O) groups is 1. The van der Waals surface area contributed by atoms with Crippen molar-refractivity contribution in [1.82, 2.24) is 23.3 Å². The van der Waals surface area contributed by atoms with Gasteiger partial charge in [0.05, 0.1) is 17.8 Å². The fourth-order valence-corrected chi connectivity index (χ4v) is 3.93. The average molecular weight is 445 g/mol. The Kier molecular flexibility index (Phi) is 4.69. The molecular formula is C19H17ClN6O5. The SMILES string of the molecule is CC(=NO)c1nc2c(c(=O)n(Cc3cc4c(Cl)cccc4n3C(=O)O)c(=O)n2C)n1C. The predicted octanol–water partition coefficient (Wildman–Crippen LogP) is 1.81. The van der Waals surface area contributed by atoms with Gasteiger partial charge in [0.15, 0.2) is 17.0 Å². The normalized spacial score (nSPS) is 12.2. The van der Waals surface area contributed by atoms with Crippen molar-refractivity contribution in [2.45, 2.75) is 13.5 Å². The molecule has 0 amide bonds. The molecule has 12 heteroatoms. The molecule has 0 spiro atoms. The van der Waals surface area contributed by atoms with E-state index in [1.165, 1.54) is 23.1 Å². The zero-order chi connectivity index (χ0) is 22.6. The fourth-order valence-electron chi connectivity index (χ4n) is 3.70. The number of aryl methyl sites for hydroxylation is 2. The number of hydrogen-bond acceptors (Lipinski definition) is 6. The molecule has 0 aliphatic heterocycles. The van der Waals surface area contributed by atoms with Crippen LogP contribution in [0.1, 0.15) is 18.4 Å². The Labute approximate surface area is 178 Å². The van der Waals surface area contributed by atoms with Gasteiger partial charge in [-0.15, -0.1) is 0 Å². The van der Waals surface area contributed by atoms with Crippen molar-refractivity contribution >= 4 is 45.5 Å². The number of rotatable bonds is 3. The molecular weight excluding hydrogens is 428 g/mol. The Balaban J connectivity index is 2.01. The summed E-state index contributed by atoms with van der Waals surface area (Å²) in [7, 11) is 3.01. The third-order valence-corrected chi connectivity index (χ3v) is 5.54. The first-order valence-electron chi connectivity index (χ1n) is 9.04. The first kappa shape index (κ1) is 20.4. The van der Waals surface area contributed by atoms with Gasteiger partial charge in [0.1, 0.15) is 5.71 Å². The van der Waals surface area contributed by atoms with E-state index >= 15 is 0 Å². The van der Waals surface area contributed by atoms with Crippen LogP contribution in [-0.2, 0) is 20.6 Å². The Bertz CT molecular complexity index is 1540. The minimum atomic E-state index is -1.27. The van der Waals surface area contributed by atoms with Gasteiger partial charge in [0.2, 0.25) is 0 Å². The van der Waals surface area contributed by atoms with Gasteiger partial charge in [-0.1, -0.05) is 22.8 Å². The average Bonchev–Trinajstić information content (AvgIpc) is 3.28. The number of carboxylic acid groups (broad SMARTS) is 1. The minimum absolute atomic E-state index is 0.108. The van der Waals surface area contributed by atoms with Crippen LogP contribution in [0, 0.1) is 0 Å². The molecule has 0 saturated heterocycles. The van der Waals surface area contributed by atoms with Crippen LogP contribution in [0.3, 0.4) is 0 Å². The zero-order valence-corrected chi connectivity index (χ0v) is 17.5. The Morgan fingerprint density at radius 1 is 1.23 bits per heavy atom. The monoisotopic (exact) mass is 444 g/mol. The molecule has 4 rings (SSSR count). The number of oxime groups is 1. The van der Waals surface area contributed by atoms with Crippen LogP contribution >= 0.6 is 11.6 Å². The summed E-state index contributed by atoms with van der Waals surface area (Å²) in [4.78, 5) is 42.3. The second kappa shape index (κ2) is 7.13. The molecule has 0 saturated carbocycles. The summed E-state index contributed by atoms with van der Waals surface area (Å²) in [5.74, 6) is 0.216. The van der Waals surface area contributed by atoms with Gasteiger partial charge >= 0.3 is 11.8 Å². The third kappa shape index (κ3) is 2.93. The molecule has 0 bridgehead atoms. The van der Waals surface area contributed by atoms with E-state index in [-0.39, 0.29) is 34.9 Å². The molecule has 0 atom stereocenters. The van der Waals surface area contributed by atoms with E-state index in [9.17, 15) is 19.5 Å². The Hall–Kier alpha value is -3.86. The van der Waals surface area contributed by atoms with Crippen molar-refractivity contribution in [3.05, 3.63) is 61.6 Å². The van der Waals surface area contributed by atoms with Crippen LogP contribution in [-0.4, -0.2) is 45.4 Å². The van der Waals surface area contributed by atoms with Gasteiger partial charge in [-0.25, -0.2) is 19.1 Å². The molecule has 3 heterocycles. The third-order valence-electron chi connectivity index (χ3n) is 5.21. The number of nitrogens with zero attached hydrogens (tertiary/aromatic N) is 6. The summed E-state index contributed by atoms with van der Waals surface area (Å²) < 4.78 is 4.53. The quantitative estimate of drug-likeness (QED) is 0.281. The number of halogens is 1. The van der Waals surface area contributed by atoms with Crippen LogP contribution in [0.15, 0.2) is 39.0 Å². The van der Waals surface area contributed by atoms with E-state index in [0.717, 1.165) is 9.13 Å². The summed E-state index contributed by atoms with van der Waals surface area (Å²) in [5, 5.41) is 22.7. The number of imidazole rings is 1. The second-order valence-electron chi connectivity index (χ2n) is 7.01. The lowest BCUT2D eigenvalue weighted by Gasteiger charge is -2.10. The molecule has 0 aliphatic rings. The van der Waals surface area contributed by atoms with Crippen molar-refractivity contribution in [2.24, 2.45) is 19.3 Å². The maximum atomic E-state index is 13.2. The molecule has 0 radical (unpaired) electrons. The van der Waals surface area contributed by atoms with Gasteiger partial charge in [-0.2, -0.15) is 0 Å². The Morgan fingerprint density at radius 2 is 1.94 bits per heavy atom. The maximum absolute atomic E-state index is 13.2. The van der Waals surface area contributed by atoms with Crippen molar-refractivity contribution < 1.29 is 15.1 Å². The highest BCUT2D eigenvalue weighted by Crippen LogP contribution is 2.27. The number of hydrogen-bond donors (Lipinski definition) is 2. The van der Waals surface area contributed by atoms with Crippen molar-refractivity contribution in [3.8, 4) is 0 Å². The number of benzene rings is 1. The van der Waals surface area contributed by atoms with Gasteiger partial charge in [0.25, 0.3) is 5.56 Å². The molecule has 31 heavy (non-hydrogen) atoms. The second-order valence-corrected chi connectivity index (χ2v) is 7.42. The maximum Gasteiger partial charge on any atom is 0.416 e. The van der Waals surface area contributed by atoms with Crippen molar-refractivity contribution in [3.63, 3.8) is 0 Å². The Morgan fingerprint density at radius 3 is 2.58 bits per heavy atom. The van der Waals surface area contributed by atoms with E-state index in [1.54, 1.807) is 31.3 Å². The summed E-state index contributed by atoms with van der Waals surface area (Å²) in [5.41, 5.74) is -0.391. The van der Waals surface area contributed by atoms with Gasteiger partial charge < -0.3 is 14.9 Å².